The lowest BCUT2D eigenvalue weighted by Gasteiger charge is -2.04. The third kappa shape index (κ3) is 4.56. The Morgan fingerprint density at radius 3 is 3.00 bits per heavy atom. The van der Waals surface area contributed by atoms with Gasteiger partial charge in [0.15, 0.2) is 0 Å². The molecule has 0 atom stereocenters. The summed E-state index contributed by atoms with van der Waals surface area (Å²) in [7, 11) is 0. The summed E-state index contributed by atoms with van der Waals surface area (Å²) in [4.78, 5) is 15.5. The number of rotatable bonds is 5. The van der Waals surface area contributed by atoms with Gasteiger partial charge in [-0.3, -0.25) is 9.78 Å². The van der Waals surface area contributed by atoms with Crippen molar-refractivity contribution in [3.05, 3.63) is 29.6 Å². The summed E-state index contributed by atoms with van der Waals surface area (Å²) in [6, 6.07) is 5.70. The molecule has 82 valence electrons. The second-order valence-electron chi connectivity index (χ2n) is 3.37. The van der Waals surface area contributed by atoms with Crippen LogP contribution in [0, 0.1) is 6.92 Å². The van der Waals surface area contributed by atoms with E-state index in [0.29, 0.717) is 19.4 Å². The maximum Gasteiger partial charge on any atom is 0.220 e. The van der Waals surface area contributed by atoms with Crippen molar-refractivity contribution in [2.45, 2.75) is 26.3 Å². The fourth-order valence-electron chi connectivity index (χ4n) is 1.22. The van der Waals surface area contributed by atoms with Crippen LogP contribution < -0.4 is 5.32 Å². The Morgan fingerprint density at radius 1 is 1.53 bits per heavy atom. The fourth-order valence-corrected chi connectivity index (χ4v) is 1.22. The molecule has 0 aliphatic heterocycles. The molecule has 1 amide bonds. The first kappa shape index (κ1) is 11.7. The van der Waals surface area contributed by atoms with Gasteiger partial charge in [0.1, 0.15) is 0 Å². The van der Waals surface area contributed by atoms with E-state index in [2.05, 4.69) is 10.3 Å². The Bertz CT molecular complexity index is 326. The maximum atomic E-state index is 11.2. The quantitative estimate of drug-likeness (QED) is 0.751. The summed E-state index contributed by atoms with van der Waals surface area (Å²) < 4.78 is 0. The predicted molar refractivity (Wildman–Crippen MR) is 57.1 cm³/mol. The number of aryl methyl sites for hydroxylation is 1. The molecule has 1 aromatic heterocycles. The minimum Gasteiger partial charge on any atom is -0.396 e. The molecule has 4 nitrogen and oxygen atoms in total. The molecule has 0 bridgehead atoms. The van der Waals surface area contributed by atoms with E-state index >= 15 is 0 Å². The number of carbonyl (C=O) groups is 1. The van der Waals surface area contributed by atoms with Crippen molar-refractivity contribution in [1.82, 2.24) is 10.3 Å². The highest BCUT2D eigenvalue weighted by Gasteiger charge is 2.01. The monoisotopic (exact) mass is 208 g/mol. The van der Waals surface area contributed by atoms with Crippen LogP contribution in [0.25, 0.3) is 0 Å². The molecule has 0 saturated heterocycles. The van der Waals surface area contributed by atoms with Crippen LogP contribution in [0.2, 0.25) is 0 Å². The zero-order valence-electron chi connectivity index (χ0n) is 8.86. The highest BCUT2D eigenvalue weighted by molar-refractivity contribution is 5.75. The average molecular weight is 208 g/mol. The molecule has 0 aliphatic rings. The highest BCUT2D eigenvalue weighted by Crippen LogP contribution is 1.97. The standard InChI is InChI=1S/C11H16N2O2/c1-9-4-2-5-10(13-9)8-12-11(15)6-3-7-14/h2,4-5,14H,3,6-8H2,1H3,(H,12,15). The average Bonchev–Trinajstić information content (AvgIpc) is 2.23. The SMILES string of the molecule is Cc1cccc(CNC(=O)CCCO)n1. The van der Waals surface area contributed by atoms with E-state index < -0.39 is 0 Å². The van der Waals surface area contributed by atoms with E-state index in [1.807, 2.05) is 25.1 Å². The van der Waals surface area contributed by atoms with Crippen molar-refractivity contribution in [2.75, 3.05) is 6.61 Å². The van der Waals surface area contributed by atoms with Gasteiger partial charge in [-0.2, -0.15) is 0 Å². The Hall–Kier alpha value is -1.42. The normalized spacial score (nSPS) is 10.0. The third-order valence-electron chi connectivity index (χ3n) is 1.97. The molecule has 2 N–H and O–H groups in total. The van der Waals surface area contributed by atoms with Gasteiger partial charge in [-0.15, -0.1) is 0 Å². The van der Waals surface area contributed by atoms with Crippen molar-refractivity contribution < 1.29 is 9.90 Å². The summed E-state index contributed by atoms with van der Waals surface area (Å²) >= 11 is 0. The summed E-state index contributed by atoms with van der Waals surface area (Å²) in [5, 5.41) is 11.3. The number of nitrogens with zero attached hydrogens (tertiary/aromatic N) is 1. The summed E-state index contributed by atoms with van der Waals surface area (Å²) in [6.45, 7) is 2.42. The van der Waals surface area contributed by atoms with Crippen LogP contribution in [0.1, 0.15) is 24.2 Å². The molecule has 1 rings (SSSR count). The zero-order chi connectivity index (χ0) is 11.1. The molecule has 1 heterocycles. The summed E-state index contributed by atoms with van der Waals surface area (Å²) in [6.07, 6.45) is 0.870. The van der Waals surface area contributed by atoms with E-state index in [1.165, 1.54) is 0 Å². The van der Waals surface area contributed by atoms with E-state index in [-0.39, 0.29) is 12.5 Å². The van der Waals surface area contributed by atoms with Crippen molar-refractivity contribution in [1.29, 1.82) is 0 Å². The lowest BCUT2D eigenvalue weighted by Crippen LogP contribution is -2.23. The summed E-state index contributed by atoms with van der Waals surface area (Å²) in [5.74, 6) is -0.0487. The van der Waals surface area contributed by atoms with Gasteiger partial charge < -0.3 is 10.4 Å². The second-order valence-corrected chi connectivity index (χ2v) is 3.37. The van der Waals surface area contributed by atoms with Crippen molar-refractivity contribution in [2.24, 2.45) is 0 Å². The van der Waals surface area contributed by atoms with E-state index in [4.69, 9.17) is 5.11 Å². The zero-order valence-corrected chi connectivity index (χ0v) is 8.86. The van der Waals surface area contributed by atoms with Gasteiger partial charge in [0.2, 0.25) is 5.91 Å². The Balaban J connectivity index is 2.33. The van der Waals surface area contributed by atoms with Crippen molar-refractivity contribution in [3.63, 3.8) is 0 Å². The van der Waals surface area contributed by atoms with Crippen LogP contribution in [0.15, 0.2) is 18.2 Å². The van der Waals surface area contributed by atoms with Crippen molar-refractivity contribution in [3.8, 4) is 0 Å². The number of carbonyl (C=O) groups excluding carboxylic acids is 1. The molecular weight excluding hydrogens is 192 g/mol. The van der Waals surface area contributed by atoms with Gasteiger partial charge in [-0.05, 0) is 25.5 Å². The number of hydrogen-bond donors (Lipinski definition) is 2. The Kier molecular flexibility index (Phi) is 4.77. The number of aliphatic hydroxyl groups is 1. The first-order valence-electron chi connectivity index (χ1n) is 5.02. The Morgan fingerprint density at radius 2 is 2.33 bits per heavy atom. The molecule has 0 fully saturated rings. The van der Waals surface area contributed by atoms with Gasteiger partial charge >= 0.3 is 0 Å². The van der Waals surface area contributed by atoms with E-state index in [1.54, 1.807) is 0 Å². The fraction of sp³-hybridized carbons (Fsp3) is 0.455. The molecule has 0 aromatic carbocycles. The molecule has 0 saturated carbocycles. The number of amides is 1. The number of aromatic nitrogens is 1. The minimum absolute atomic E-state index is 0.0487. The van der Waals surface area contributed by atoms with Crippen molar-refractivity contribution >= 4 is 5.91 Å². The predicted octanol–water partition coefficient (Wildman–Crippen LogP) is 0.779. The van der Waals surface area contributed by atoms with Gasteiger partial charge in [-0.25, -0.2) is 0 Å². The Labute approximate surface area is 89.3 Å². The van der Waals surface area contributed by atoms with Crippen LogP contribution >= 0.6 is 0 Å². The molecule has 0 unspecified atom stereocenters. The van der Waals surface area contributed by atoms with Crippen LogP contribution in [-0.4, -0.2) is 22.6 Å². The highest BCUT2D eigenvalue weighted by atomic mass is 16.3. The van der Waals surface area contributed by atoms with Crippen LogP contribution in [0.5, 0.6) is 0 Å². The molecule has 0 radical (unpaired) electrons. The molecule has 0 spiro atoms. The van der Waals surface area contributed by atoms with E-state index in [9.17, 15) is 4.79 Å². The van der Waals surface area contributed by atoms with Crippen LogP contribution in [0.3, 0.4) is 0 Å². The topological polar surface area (TPSA) is 62.2 Å². The van der Waals surface area contributed by atoms with Gasteiger partial charge in [0, 0.05) is 18.7 Å². The first-order valence-corrected chi connectivity index (χ1v) is 5.02. The molecule has 15 heavy (non-hydrogen) atoms. The van der Waals surface area contributed by atoms with Crippen LogP contribution in [0.4, 0.5) is 0 Å². The number of pyridine rings is 1. The number of hydrogen-bond acceptors (Lipinski definition) is 3. The first-order chi connectivity index (χ1) is 7.22. The minimum atomic E-state index is -0.0487. The largest absolute Gasteiger partial charge is 0.396 e. The number of nitrogens with one attached hydrogen (secondary N) is 1. The third-order valence-corrected chi connectivity index (χ3v) is 1.97. The van der Waals surface area contributed by atoms with E-state index in [0.717, 1.165) is 11.4 Å². The molecular formula is C11H16N2O2. The lowest BCUT2D eigenvalue weighted by atomic mass is 10.3. The lowest BCUT2D eigenvalue weighted by molar-refractivity contribution is -0.121. The second kappa shape index (κ2) is 6.14. The maximum absolute atomic E-state index is 11.2. The number of aliphatic hydroxyl groups excluding tert-OH is 1. The molecule has 1 aromatic rings. The molecule has 0 aliphatic carbocycles. The van der Waals surface area contributed by atoms with Gasteiger partial charge in [-0.1, -0.05) is 6.07 Å². The summed E-state index contributed by atoms with van der Waals surface area (Å²) in [5.41, 5.74) is 1.80. The molecule has 4 heteroatoms. The van der Waals surface area contributed by atoms with Gasteiger partial charge in [0.05, 0.1) is 12.2 Å². The van der Waals surface area contributed by atoms with Gasteiger partial charge in [0.25, 0.3) is 0 Å². The smallest absolute Gasteiger partial charge is 0.220 e. The van der Waals surface area contributed by atoms with Crippen LogP contribution in [-0.2, 0) is 11.3 Å².